The maximum Gasteiger partial charge on any atom is 0.413 e. The number of ketones is 1. The van der Waals surface area contributed by atoms with Crippen LogP contribution in [-0.2, 0) is 35.2 Å². The van der Waals surface area contributed by atoms with Gasteiger partial charge in [0.15, 0.2) is 5.78 Å². The molecular weight excluding hydrogens is 1220 g/mol. The average Bonchev–Trinajstić information content (AvgIpc) is 3.74. The number of rotatable bonds is 11. The molecular formula is C57H58N12O11S6. The van der Waals surface area contributed by atoms with E-state index >= 15 is 0 Å². The number of aromatic nitrogens is 7. The third-order valence-electron chi connectivity index (χ3n) is 14.3. The summed E-state index contributed by atoms with van der Waals surface area (Å²) in [4.78, 5) is 130. The van der Waals surface area contributed by atoms with E-state index in [9.17, 15) is 38.7 Å². The minimum Gasteiger partial charge on any atom is -0.469 e. The van der Waals surface area contributed by atoms with Gasteiger partial charge in [0.25, 0.3) is 11.8 Å². The van der Waals surface area contributed by atoms with E-state index in [2.05, 4.69) is 31.6 Å². The lowest BCUT2D eigenvalue weighted by molar-refractivity contribution is -0.147. The monoisotopic (exact) mass is 1280 g/mol. The number of aliphatic hydroxyl groups excluding tert-OH is 1. The minimum absolute atomic E-state index is 0.0280. The largest absolute Gasteiger partial charge is 0.469 e. The second kappa shape index (κ2) is 27.4. The number of methoxy groups -OCH3 is 2. The van der Waals surface area contributed by atoms with Crippen molar-refractivity contribution in [3.8, 4) is 43.4 Å². The number of hydrogen-bond donors (Lipinski definition) is 6. The van der Waals surface area contributed by atoms with Crippen LogP contribution in [0, 0.1) is 18.8 Å². The molecule has 1 aromatic carbocycles. The Hall–Kier alpha value is -7.64. The van der Waals surface area contributed by atoms with Crippen LogP contribution in [0.2, 0.25) is 0 Å². The fourth-order valence-corrected chi connectivity index (χ4v) is 15.3. The highest BCUT2D eigenvalue weighted by molar-refractivity contribution is 7.15. The Labute approximate surface area is 516 Å². The standard InChI is InChI=1S/C57H58N12O11S6/c1-26(2)32-18-38(70)43-27(3)85-54(68-43)34(19-41(71)58-4)61-48(74)36-23-81-50(63-36)31-16-17-33(52-65-40(25-84-52)66-57(77)80-30-14-12-29(13-15-30)56(76)79-6)60-44(31)35-22-82-53(62-35)37-24-83-55(64-37)46(47(73)28-10-8-7-9-11-28)67-42(72)20-59-49(75)45-39(21-78-5)86-51(32)69-45/h7-11,16-17,22-26,29-30,32,34,46-47,73H,12-15,18-21H2,1-6H3,(H,58,71)(H,59,75)(H,61,74)(H,66,77)(H,67,72)/t29?,30?,32-,34-,46-,47-/m0/s1. The smallest absolute Gasteiger partial charge is 0.413 e. The zero-order chi connectivity index (χ0) is 60.8. The number of carbonyl (C=O) groups is 7. The van der Waals surface area contributed by atoms with Gasteiger partial charge in [-0.2, -0.15) is 0 Å². The highest BCUT2D eigenvalue weighted by atomic mass is 32.1. The Kier molecular flexibility index (Phi) is 19.6. The zero-order valence-electron chi connectivity index (χ0n) is 47.2. The molecule has 10 rings (SSSR count). The lowest BCUT2D eigenvalue weighted by atomic mass is 9.87. The van der Waals surface area contributed by atoms with E-state index in [1.807, 2.05) is 13.8 Å². The molecule has 4 atom stereocenters. The Morgan fingerprint density at radius 1 is 0.721 bits per heavy atom. The van der Waals surface area contributed by atoms with Crippen molar-refractivity contribution in [3.05, 3.63) is 111 Å². The van der Waals surface area contributed by atoms with Crippen molar-refractivity contribution in [1.82, 2.24) is 56.2 Å². The molecule has 0 radical (unpaired) electrons. The number of hydrogen-bond acceptors (Lipinski definition) is 24. The molecule has 23 nitrogen and oxygen atoms in total. The number of carbonyl (C=O) groups excluding carboxylic acids is 7. The SMILES string of the molecule is CNC(=O)C[C@@H]1NC(=O)c2csc(n2)-c2ccc(-c3nc(NC(=O)OC4CCC(C(=O)OC)CC4)cs3)nc2-c2csc(n2)-c2csc(n2)[C@H]([C@@H](O)c2ccccc2)NC(=O)CNC(=O)c2nc(sc2COC)[C@H](C(C)C)CC(=O)c2nc1sc2C. The number of ether oxygens (including phenoxy) is 3. The number of anilines is 1. The van der Waals surface area contributed by atoms with Crippen LogP contribution >= 0.6 is 68.0 Å². The van der Waals surface area contributed by atoms with E-state index in [4.69, 9.17) is 44.1 Å². The quantitative estimate of drug-likeness (QED) is 0.0656. The number of benzene rings is 1. The third-order valence-corrected chi connectivity index (χ3v) is 20.1. The third kappa shape index (κ3) is 14.1. The predicted molar refractivity (Wildman–Crippen MR) is 326 cm³/mol. The van der Waals surface area contributed by atoms with Gasteiger partial charge >= 0.3 is 12.1 Å². The summed E-state index contributed by atoms with van der Waals surface area (Å²) in [7, 11) is 4.32. The molecule has 1 fully saturated rings. The van der Waals surface area contributed by atoms with Crippen LogP contribution in [0.4, 0.5) is 10.6 Å². The number of pyridine rings is 1. The molecule has 1 aliphatic carbocycles. The van der Waals surface area contributed by atoms with Crippen LogP contribution in [0.1, 0.15) is 138 Å². The number of Topliss-reactive ketones (excluding diaryl/α,β-unsaturated/α-hetero) is 1. The lowest BCUT2D eigenvalue weighted by Gasteiger charge is -2.26. The van der Waals surface area contributed by atoms with E-state index in [1.54, 1.807) is 70.9 Å². The summed E-state index contributed by atoms with van der Waals surface area (Å²) in [6.07, 6.45) is -0.461. The summed E-state index contributed by atoms with van der Waals surface area (Å²) in [5, 5.41) is 35.1. The van der Waals surface area contributed by atoms with Crippen LogP contribution in [-0.4, -0.2) is 115 Å². The summed E-state index contributed by atoms with van der Waals surface area (Å²) in [5.41, 5.74) is 2.86. The molecule has 0 saturated heterocycles. The molecule has 5 amide bonds. The van der Waals surface area contributed by atoms with E-state index < -0.39 is 54.5 Å². The maximum atomic E-state index is 14.4. The number of thiazole rings is 6. The molecule has 1 aliphatic heterocycles. The number of amides is 5. The van der Waals surface area contributed by atoms with E-state index in [1.165, 1.54) is 89.3 Å². The van der Waals surface area contributed by atoms with Crippen molar-refractivity contribution in [2.75, 3.05) is 33.1 Å². The fourth-order valence-electron chi connectivity index (χ4n) is 9.76. The first-order chi connectivity index (χ1) is 41.5. The summed E-state index contributed by atoms with van der Waals surface area (Å²) in [6.45, 7) is 5.16. The van der Waals surface area contributed by atoms with Gasteiger partial charge in [-0.05, 0) is 56.2 Å². The van der Waals surface area contributed by atoms with Crippen LogP contribution in [0.15, 0.2) is 64.0 Å². The molecule has 1 saturated carbocycles. The van der Waals surface area contributed by atoms with Gasteiger partial charge in [0.1, 0.15) is 83.3 Å². The minimum atomic E-state index is -1.27. The normalized spacial score (nSPS) is 19.0. The Bertz CT molecular complexity index is 3810. The summed E-state index contributed by atoms with van der Waals surface area (Å²) < 4.78 is 16.0. The molecule has 0 unspecified atom stereocenters. The van der Waals surface area contributed by atoms with Gasteiger partial charge in [-0.3, -0.25) is 34.1 Å². The van der Waals surface area contributed by atoms with E-state index in [0.29, 0.717) is 99.4 Å². The van der Waals surface area contributed by atoms with Crippen LogP contribution in [0.3, 0.4) is 0 Å². The van der Waals surface area contributed by atoms with Gasteiger partial charge in [-0.1, -0.05) is 44.2 Å². The molecule has 2 aliphatic rings. The van der Waals surface area contributed by atoms with Gasteiger partial charge < -0.3 is 40.6 Å². The maximum absolute atomic E-state index is 14.4. The Morgan fingerprint density at radius 2 is 1.43 bits per heavy atom. The molecule has 86 heavy (non-hydrogen) atoms. The van der Waals surface area contributed by atoms with Crippen LogP contribution < -0.4 is 26.6 Å². The van der Waals surface area contributed by atoms with Gasteiger partial charge in [0, 0.05) is 58.5 Å². The highest BCUT2D eigenvalue weighted by Gasteiger charge is 2.34. The molecule has 448 valence electrons. The molecule has 8 aromatic rings. The van der Waals surface area contributed by atoms with Crippen molar-refractivity contribution in [1.29, 1.82) is 0 Å². The summed E-state index contributed by atoms with van der Waals surface area (Å²) >= 11 is 7.28. The number of aryl methyl sites for hydroxylation is 1. The van der Waals surface area contributed by atoms with Crippen molar-refractivity contribution >= 4 is 115 Å². The van der Waals surface area contributed by atoms with Crippen molar-refractivity contribution < 1.29 is 52.9 Å². The van der Waals surface area contributed by atoms with E-state index in [0.717, 1.165) is 0 Å². The highest BCUT2D eigenvalue weighted by Crippen LogP contribution is 2.41. The number of nitrogens with one attached hydrogen (secondary N) is 5. The van der Waals surface area contributed by atoms with Crippen LogP contribution in [0.5, 0.6) is 0 Å². The zero-order valence-corrected chi connectivity index (χ0v) is 52.1. The molecule has 7 aromatic heterocycles. The summed E-state index contributed by atoms with van der Waals surface area (Å²) in [6, 6.07) is 10.3. The van der Waals surface area contributed by atoms with Crippen molar-refractivity contribution in [2.45, 2.75) is 96.1 Å². The molecule has 6 N–H and O–H groups in total. The Balaban J connectivity index is 1.01. The first-order valence-corrected chi connectivity index (χ1v) is 32.3. The lowest BCUT2D eigenvalue weighted by Crippen LogP contribution is -2.40. The molecule has 8 heterocycles. The number of fused-ring (bicyclic) bond motifs is 14. The molecule has 10 bridgehead atoms. The second-order valence-corrected chi connectivity index (χ2v) is 26.3. The number of aliphatic hydroxyl groups is 1. The van der Waals surface area contributed by atoms with Gasteiger partial charge in [0.2, 0.25) is 11.8 Å². The van der Waals surface area contributed by atoms with E-state index in [-0.39, 0.29) is 77.9 Å². The van der Waals surface area contributed by atoms with Gasteiger partial charge in [-0.15, -0.1) is 68.0 Å². The second-order valence-electron chi connectivity index (χ2n) is 20.5. The van der Waals surface area contributed by atoms with Gasteiger partial charge in [-0.25, -0.2) is 39.7 Å². The summed E-state index contributed by atoms with van der Waals surface area (Å²) in [5.74, 6) is -3.45. The van der Waals surface area contributed by atoms with Crippen molar-refractivity contribution in [2.24, 2.45) is 11.8 Å². The first-order valence-electron chi connectivity index (χ1n) is 27.2. The van der Waals surface area contributed by atoms with Gasteiger partial charge in [0.05, 0.1) is 54.2 Å². The Morgan fingerprint density at radius 3 is 2.17 bits per heavy atom. The number of esters is 1. The molecule has 29 heteroatoms. The number of nitrogens with zero attached hydrogens (tertiary/aromatic N) is 7. The fraction of sp³-hybridized carbons (Fsp3) is 0.368. The predicted octanol–water partition coefficient (Wildman–Crippen LogP) is 9.48. The van der Waals surface area contributed by atoms with Crippen molar-refractivity contribution in [3.63, 3.8) is 0 Å². The topological polar surface area (TPSA) is 318 Å². The van der Waals surface area contributed by atoms with Crippen LogP contribution in [0.25, 0.3) is 43.4 Å². The average molecular weight is 1280 g/mol. The molecule has 0 spiro atoms. The first kappa shape index (κ1) is 61.4.